The Hall–Kier alpha value is -2.81. The van der Waals surface area contributed by atoms with Crippen molar-refractivity contribution in [3.05, 3.63) is 51.0 Å². The van der Waals surface area contributed by atoms with Crippen molar-refractivity contribution in [2.45, 2.75) is 25.8 Å². The predicted molar refractivity (Wildman–Crippen MR) is 92.6 cm³/mol. The van der Waals surface area contributed by atoms with Gasteiger partial charge in [-0.2, -0.15) is 0 Å². The van der Waals surface area contributed by atoms with E-state index < -0.39 is 11.0 Å². The van der Waals surface area contributed by atoms with Gasteiger partial charge in [-0.05, 0) is 31.9 Å². The molecule has 0 aliphatic carbocycles. The summed E-state index contributed by atoms with van der Waals surface area (Å²) >= 11 is 1.31. The molecule has 0 radical (unpaired) electrons. The lowest BCUT2D eigenvalue weighted by atomic mass is 10.1. The number of nitro benzene ring substituents is 1. The molecule has 1 unspecified atom stereocenters. The number of nitrogens with one attached hydrogen (secondary N) is 1. The summed E-state index contributed by atoms with van der Waals surface area (Å²) < 4.78 is 0. The van der Waals surface area contributed by atoms with E-state index in [1.807, 2.05) is 0 Å². The first-order chi connectivity index (χ1) is 12.0. The van der Waals surface area contributed by atoms with Crippen molar-refractivity contribution in [3.8, 4) is 0 Å². The second-order valence-corrected chi connectivity index (χ2v) is 6.64. The maximum absolute atomic E-state index is 12.8. The summed E-state index contributed by atoms with van der Waals surface area (Å²) in [4.78, 5) is 41.2. The van der Waals surface area contributed by atoms with Crippen molar-refractivity contribution >= 4 is 34.0 Å². The quantitative estimate of drug-likeness (QED) is 0.666. The van der Waals surface area contributed by atoms with Crippen molar-refractivity contribution < 1.29 is 14.5 Å². The summed E-state index contributed by atoms with van der Waals surface area (Å²) in [7, 11) is 0. The lowest BCUT2D eigenvalue weighted by molar-refractivity contribution is -0.385. The van der Waals surface area contributed by atoms with Crippen molar-refractivity contribution in [1.29, 1.82) is 0 Å². The van der Waals surface area contributed by atoms with E-state index in [0.717, 1.165) is 6.42 Å². The van der Waals surface area contributed by atoms with Crippen LogP contribution in [0.5, 0.6) is 0 Å². The van der Waals surface area contributed by atoms with Gasteiger partial charge in [0.2, 0.25) is 5.91 Å². The van der Waals surface area contributed by atoms with Crippen LogP contribution in [0.2, 0.25) is 0 Å². The molecule has 9 heteroatoms. The van der Waals surface area contributed by atoms with Crippen molar-refractivity contribution in [1.82, 2.24) is 9.88 Å². The molecule has 130 valence electrons. The second-order valence-electron chi connectivity index (χ2n) is 5.74. The highest BCUT2D eigenvalue weighted by Crippen LogP contribution is 2.25. The largest absolute Gasteiger partial charge is 0.327 e. The Bertz CT molecular complexity index is 822. The Kier molecular flexibility index (Phi) is 4.75. The zero-order chi connectivity index (χ0) is 18.0. The van der Waals surface area contributed by atoms with Crippen LogP contribution in [0.25, 0.3) is 0 Å². The first kappa shape index (κ1) is 17.0. The molecule has 1 atom stereocenters. The number of likely N-dealkylation sites (tertiary alicyclic amines) is 1. The molecule has 1 aromatic heterocycles. The van der Waals surface area contributed by atoms with Gasteiger partial charge in [-0.1, -0.05) is 0 Å². The SMILES string of the molecule is Cc1cc(C(=O)N2CCCC2C(=O)Nc2nccs2)ccc1[N+](=O)[O-]. The minimum absolute atomic E-state index is 0.0314. The summed E-state index contributed by atoms with van der Waals surface area (Å²) in [6.45, 7) is 2.07. The molecular weight excluding hydrogens is 344 g/mol. The number of nitrogens with zero attached hydrogens (tertiary/aromatic N) is 3. The van der Waals surface area contributed by atoms with Crippen LogP contribution >= 0.6 is 11.3 Å². The highest BCUT2D eigenvalue weighted by Gasteiger charge is 2.35. The number of hydrogen-bond acceptors (Lipinski definition) is 6. The first-order valence-electron chi connectivity index (χ1n) is 7.73. The van der Waals surface area contributed by atoms with E-state index >= 15 is 0 Å². The van der Waals surface area contributed by atoms with Gasteiger partial charge in [-0.3, -0.25) is 19.7 Å². The van der Waals surface area contributed by atoms with Crippen LogP contribution in [0.3, 0.4) is 0 Å². The molecule has 0 saturated carbocycles. The molecule has 0 bridgehead atoms. The summed E-state index contributed by atoms with van der Waals surface area (Å²) in [5.74, 6) is -0.561. The van der Waals surface area contributed by atoms with Gasteiger partial charge in [0.25, 0.3) is 11.6 Å². The van der Waals surface area contributed by atoms with Gasteiger partial charge in [0.15, 0.2) is 5.13 Å². The average molecular weight is 360 g/mol. The number of nitro groups is 1. The van der Waals surface area contributed by atoms with E-state index in [0.29, 0.717) is 29.2 Å². The zero-order valence-corrected chi connectivity index (χ0v) is 14.3. The van der Waals surface area contributed by atoms with E-state index in [-0.39, 0.29) is 17.5 Å². The van der Waals surface area contributed by atoms with Gasteiger partial charge in [0, 0.05) is 35.3 Å². The fraction of sp³-hybridized carbons (Fsp3) is 0.312. The van der Waals surface area contributed by atoms with Crippen LogP contribution in [0, 0.1) is 17.0 Å². The smallest absolute Gasteiger partial charge is 0.272 e. The Labute approximate surface area is 147 Å². The second kappa shape index (κ2) is 6.98. The average Bonchev–Trinajstić information content (AvgIpc) is 3.24. The molecule has 25 heavy (non-hydrogen) atoms. The van der Waals surface area contributed by atoms with Crippen LogP contribution < -0.4 is 5.32 Å². The van der Waals surface area contributed by atoms with Gasteiger partial charge < -0.3 is 10.2 Å². The van der Waals surface area contributed by atoms with Crippen LogP contribution in [0.4, 0.5) is 10.8 Å². The van der Waals surface area contributed by atoms with E-state index in [2.05, 4.69) is 10.3 Å². The maximum atomic E-state index is 12.8. The fourth-order valence-corrected chi connectivity index (χ4v) is 3.45. The van der Waals surface area contributed by atoms with Crippen molar-refractivity contribution in [2.24, 2.45) is 0 Å². The molecule has 2 aromatic rings. The third-order valence-corrected chi connectivity index (χ3v) is 4.81. The number of amides is 2. The maximum Gasteiger partial charge on any atom is 0.272 e. The molecule has 8 nitrogen and oxygen atoms in total. The number of carbonyl (C=O) groups is 2. The van der Waals surface area contributed by atoms with Crippen molar-refractivity contribution in [3.63, 3.8) is 0 Å². The highest BCUT2D eigenvalue weighted by molar-refractivity contribution is 7.13. The number of rotatable bonds is 4. The third kappa shape index (κ3) is 3.50. The number of aromatic nitrogens is 1. The zero-order valence-electron chi connectivity index (χ0n) is 13.5. The van der Waals surface area contributed by atoms with Crippen LogP contribution in [0.1, 0.15) is 28.8 Å². The summed E-state index contributed by atoms with van der Waals surface area (Å²) in [6, 6.07) is 3.69. The standard InChI is InChI=1S/C16H16N4O4S/c1-10-9-11(4-5-12(10)20(23)24)15(22)19-7-2-3-13(19)14(21)18-16-17-6-8-25-16/h4-6,8-9,13H,2-3,7H2,1H3,(H,17,18,21). The highest BCUT2D eigenvalue weighted by atomic mass is 32.1. The van der Waals surface area contributed by atoms with Gasteiger partial charge in [-0.15, -0.1) is 11.3 Å². The van der Waals surface area contributed by atoms with Gasteiger partial charge in [-0.25, -0.2) is 4.98 Å². The van der Waals surface area contributed by atoms with Crippen LogP contribution in [0.15, 0.2) is 29.8 Å². The molecule has 1 aromatic carbocycles. The van der Waals surface area contributed by atoms with E-state index in [9.17, 15) is 19.7 Å². The van der Waals surface area contributed by atoms with Crippen LogP contribution in [-0.2, 0) is 4.79 Å². The van der Waals surface area contributed by atoms with Gasteiger partial charge in [0.1, 0.15) is 6.04 Å². The molecule has 1 saturated heterocycles. The Morgan fingerprint density at radius 1 is 1.44 bits per heavy atom. The third-order valence-electron chi connectivity index (χ3n) is 4.12. The number of carbonyl (C=O) groups excluding carboxylic acids is 2. The lowest BCUT2D eigenvalue weighted by Gasteiger charge is -2.23. The molecule has 3 rings (SSSR count). The van der Waals surface area contributed by atoms with E-state index in [1.165, 1.54) is 34.4 Å². The topological polar surface area (TPSA) is 105 Å². The number of benzene rings is 1. The Balaban J connectivity index is 1.77. The molecule has 1 N–H and O–H groups in total. The Morgan fingerprint density at radius 2 is 2.24 bits per heavy atom. The fourth-order valence-electron chi connectivity index (χ4n) is 2.92. The van der Waals surface area contributed by atoms with Gasteiger partial charge >= 0.3 is 0 Å². The molecule has 2 heterocycles. The number of anilines is 1. The number of aryl methyl sites for hydroxylation is 1. The van der Waals surface area contributed by atoms with Crippen molar-refractivity contribution in [2.75, 3.05) is 11.9 Å². The lowest BCUT2D eigenvalue weighted by Crippen LogP contribution is -2.43. The summed E-state index contributed by atoms with van der Waals surface area (Å²) in [5.41, 5.74) is 0.729. The van der Waals surface area contributed by atoms with Gasteiger partial charge in [0.05, 0.1) is 4.92 Å². The normalized spacial score (nSPS) is 16.7. The number of hydrogen-bond donors (Lipinski definition) is 1. The molecule has 1 aliphatic rings. The summed E-state index contributed by atoms with van der Waals surface area (Å²) in [5, 5.41) is 15.9. The molecular formula is C16H16N4O4S. The first-order valence-corrected chi connectivity index (χ1v) is 8.61. The molecule has 0 spiro atoms. The minimum Gasteiger partial charge on any atom is -0.327 e. The molecule has 1 aliphatic heterocycles. The molecule has 1 fully saturated rings. The summed E-state index contributed by atoms with van der Waals surface area (Å²) in [6.07, 6.45) is 2.90. The van der Waals surface area contributed by atoms with Crippen LogP contribution in [-0.4, -0.2) is 39.2 Å². The minimum atomic E-state index is -0.563. The monoisotopic (exact) mass is 360 g/mol. The van der Waals surface area contributed by atoms with E-state index in [4.69, 9.17) is 0 Å². The number of thiazole rings is 1. The van der Waals surface area contributed by atoms with E-state index in [1.54, 1.807) is 18.5 Å². The predicted octanol–water partition coefficient (Wildman–Crippen LogP) is 2.60. The Morgan fingerprint density at radius 3 is 2.88 bits per heavy atom. The molecule has 2 amide bonds.